The molecule has 22 heavy (non-hydrogen) atoms. The molecule has 0 amide bonds. The Kier molecular flexibility index (Phi) is 4.64. The first kappa shape index (κ1) is 14.9. The molecular formula is C19H25N3. The van der Waals surface area contributed by atoms with E-state index in [1.807, 2.05) is 12.1 Å². The van der Waals surface area contributed by atoms with Crippen molar-refractivity contribution in [3.05, 3.63) is 59.7 Å². The molecule has 0 spiro atoms. The van der Waals surface area contributed by atoms with Crippen molar-refractivity contribution in [3.63, 3.8) is 0 Å². The second-order valence-electron chi connectivity index (χ2n) is 6.02. The standard InChI is InChI=1S/C19H25N3/c1-2-16-5-9-19(10-6-16)22-13-11-21(12-14-22)15-17-3-7-18(20)8-4-17/h3-10H,2,11-15,20H2,1H3. The number of rotatable bonds is 4. The van der Waals surface area contributed by atoms with Crippen molar-refractivity contribution < 1.29 is 0 Å². The number of aryl methyl sites for hydroxylation is 1. The van der Waals surface area contributed by atoms with Crippen molar-refractivity contribution >= 4 is 11.4 Å². The average Bonchev–Trinajstić information content (AvgIpc) is 2.58. The molecule has 3 heteroatoms. The van der Waals surface area contributed by atoms with Crippen LogP contribution in [-0.2, 0) is 13.0 Å². The molecule has 2 aromatic rings. The van der Waals surface area contributed by atoms with Crippen molar-refractivity contribution in [2.45, 2.75) is 19.9 Å². The molecule has 0 aliphatic carbocycles. The third-order valence-electron chi connectivity index (χ3n) is 4.47. The van der Waals surface area contributed by atoms with Crippen molar-refractivity contribution in [2.75, 3.05) is 36.8 Å². The number of nitrogens with zero attached hydrogens (tertiary/aromatic N) is 2. The minimum absolute atomic E-state index is 0.837. The van der Waals surface area contributed by atoms with Gasteiger partial charge >= 0.3 is 0 Å². The summed E-state index contributed by atoms with van der Waals surface area (Å²) >= 11 is 0. The summed E-state index contributed by atoms with van der Waals surface area (Å²) in [5.74, 6) is 0. The lowest BCUT2D eigenvalue weighted by Crippen LogP contribution is -2.45. The Morgan fingerprint density at radius 2 is 1.41 bits per heavy atom. The molecule has 1 aliphatic heterocycles. The minimum atomic E-state index is 0.837. The second kappa shape index (κ2) is 6.84. The third kappa shape index (κ3) is 3.60. The van der Waals surface area contributed by atoms with Gasteiger partial charge in [-0.2, -0.15) is 0 Å². The van der Waals surface area contributed by atoms with Gasteiger partial charge in [0.05, 0.1) is 0 Å². The van der Waals surface area contributed by atoms with Gasteiger partial charge in [-0.15, -0.1) is 0 Å². The molecule has 1 aliphatic rings. The average molecular weight is 295 g/mol. The van der Waals surface area contributed by atoms with Crippen LogP contribution in [0.25, 0.3) is 0 Å². The number of hydrogen-bond acceptors (Lipinski definition) is 3. The normalized spacial score (nSPS) is 16.0. The lowest BCUT2D eigenvalue weighted by Gasteiger charge is -2.36. The zero-order chi connectivity index (χ0) is 15.4. The number of piperazine rings is 1. The Bertz CT molecular complexity index is 581. The van der Waals surface area contributed by atoms with Gasteiger partial charge in [0.15, 0.2) is 0 Å². The molecule has 2 aromatic carbocycles. The molecule has 3 rings (SSSR count). The molecule has 0 unspecified atom stereocenters. The van der Waals surface area contributed by atoms with E-state index in [0.717, 1.165) is 44.8 Å². The maximum Gasteiger partial charge on any atom is 0.0367 e. The van der Waals surface area contributed by atoms with E-state index in [2.05, 4.69) is 53.1 Å². The highest BCUT2D eigenvalue weighted by atomic mass is 15.3. The summed E-state index contributed by atoms with van der Waals surface area (Å²) < 4.78 is 0. The summed E-state index contributed by atoms with van der Waals surface area (Å²) in [5.41, 5.74) is 10.7. The predicted molar refractivity (Wildman–Crippen MR) is 94.2 cm³/mol. The second-order valence-corrected chi connectivity index (χ2v) is 6.02. The fourth-order valence-corrected chi connectivity index (χ4v) is 2.99. The Balaban J connectivity index is 1.54. The summed E-state index contributed by atoms with van der Waals surface area (Å²) in [6.45, 7) is 7.63. The maximum atomic E-state index is 5.74. The summed E-state index contributed by atoms with van der Waals surface area (Å²) in [5, 5.41) is 0. The van der Waals surface area contributed by atoms with E-state index in [4.69, 9.17) is 5.73 Å². The number of benzene rings is 2. The van der Waals surface area contributed by atoms with Crippen molar-refractivity contribution in [2.24, 2.45) is 0 Å². The van der Waals surface area contributed by atoms with Crippen LogP contribution >= 0.6 is 0 Å². The van der Waals surface area contributed by atoms with Crippen LogP contribution < -0.4 is 10.6 Å². The molecule has 116 valence electrons. The third-order valence-corrected chi connectivity index (χ3v) is 4.47. The largest absolute Gasteiger partial charge is 0.399 e. The topological polar surface area (TPSA) is 32.5 Å². The van der Waals surface area contributed by atoms with Crippen molar-refractivity contribution in [1.82, 2.24) is 4.90 Å². The van der Waals surface area contributed by atoms with Crippen LogP contribution in [0.3, 0.4) is 0 Å². The molecule has 0 saturated carbocycles. The Hall–Kier alpha value is -2.00. The van der Waals surface area contributed by atoms with Crippen molar-refractivity contribution in [3.8, 4) is 0 Å². The first-order valence-corrected chi connectivity index (χ1v) is 8.15. The molecule has 0 bridgehead atoms. The van der Waals surface area contributed by atoms with Gasteiger partial charge in [-0.05, 0) is 41.8 Å². The molecule has 3 nitrogen and oxygen atoms in total. The van der Waals surface area contributed by atoms with Crippen LogP contribution in [0.1, 0.15) is 18.1 Å². The molecule has 0 radical (unpaired) electrons. The van der Waals surface area contributed by atoms with Crippen LogP contribution in [0.4, 0.5) is 11.4 Å². The van der Waals surface area contributed by atoms with Gasteiger partial charge in [-0.3, -0.25) is 4.90 Å². The molecule has 1 heterocycles. The summed E-state index contributed by atoms with van der Waals surface area (Å²) in [4.78, 5) is 5.00. The molecule has 1 saturated heterocycles. The highest BCUT2D eigenvalue weighted by Gasteiger charge is 2.17. The van der Waals surface area contributed by atoms with Gasteiger partial charge in [0, 0.05) is 44.1 Å². The van der Waals surface area contributed by atoms with Gasteiger partial charge in [-0.1, -0.05) is 31.2 Å². The number of nitrogen functional groups attached to an aromatic ring is 1. The zero-order valence-corrected chi connectivity index (χ0v) is 13.3. The van der Waals surface area contributed by atoms with Gasteiger partial charge in [0.2, 0.25) is 0 Å². The zero-order valence-electron chi connectivity index (χ0n) is 13.3. The number of nitrogens with two attached hydrogens (primary N) is 1. The van der Waals surface area contributed by atoms with E-state index in [1.54, 1.807) is 0 Å². The van der Waals surface area contributed by atoms with E-state index >= 15 is 0 Å². The van der Waals surface area contributed by atoms with E-state index in [1.165, 1.54) is 16.8 Å². The van der Waals surface area contributed by atoms with E-state index in [0.29, 0.717) is 0 Å². The Morgan fingerprint density at radius 1 is 0.818 bits per heavy atom. The Morgan fingerprint density at radius 3 is 2.00 bits per heavy atom. The van der Waals surface area contributed by atoms with E-state index in [9.17, 15) is 0 Å². The molecule has 2 N–H and O–H groups in total. The molecule has 1 fully saturated rings. The molecule has 0 atom stereocenters. The van der Waals surface area contributed by atoms with Crippen LogP contribution in [0, 0.1) is 0 Å². The van der Waals surface area contributed by atoms with Crippen LogP contribution in [-0.4, -0.2) is 31.1 Å². The van der Waals surface area contributed by atoms with Crippen LogP contribution in [0.2, 0.25) is 0 Å². The fraction of sp³-hybridized carbons (Fsp3) is 0.368. The highest BCUT2D eigenvalue weighted by Crippen LogP contribution is 2.18. The summed E-state index contributed by atoms with van der Waals surface area (Å²) in [6.07, 6.45) is 1.11. The SMILES string of the molecule is CCc1ccc(N2CCN(Cc3ccc(N)cc3)CC2)cc1. The number of anilines is 2. The fourth-order valence-electron chi connectivity index (χ4n) is 2.99. The van der Waals surface area contributed by atoms with Gasteiger partial charge in [0.1, 0.15) is 0 Å². The van der Waals surface area contributed by atoms with E-state index in [-0.39, 0.29) is 0 Å². The van der Waals surface area contributed by atoms with Gasteiger partial charge < -0.3 is 10.6 Å². The Labute approximate surface area is 133 Å². The summed E-state index contributed by atoms with van der Waals surface area (Å²) in [6, 6.07) is 17.2. The van der Waals surface area contributed by atoms with Crippen molar-refractivity contribution in [1.29, 1.82) is 0 Å². The van der Waals surface area contributed by atoms with Gasteiger partial charge in [0.25, 0.3) is 0 Å². The molecular weight excluding hydrogens is 270 g/mol. The first-order chi connectivity index (χ1) is 10.7. The van der Waals surface area contributed by atoms with Gasteiger partial charge in [-0.25, -0.2) is 0 Å². The maximum absolute atomic E-state index is 5.74. The summed E-state index contributed by atoms with van der Waals surface area (Å²) in [7, 11) is 0. The smallest absolute Gasteiger partial charge is 0.0367 e. The number of hydrogen-bond donors (Lipinski definition) is 1. The monoisotopic (exact) mass is 295 g/mol. The first-order valence-electron chi connectivity index (χ1n) is 8.15. The molecule has 0 aromatic heterocycles. The van der Waals surface area contributed by atoms with Crippen LogP contribution in [0.5, 0.6) is 0 Å². The minimum Gasteiger partial charge on any atom is -0.399 e. The van der Waals surface area contributed by atoms with E-state index < -0.39 is 0 Å². The lowest BCUT2D eigenvalue weighted by atomic mass is 10.1. The highest BCUT2D eigenvalue weighted by molar-refractivity contribution is 5.48. The predicted octanol–water partition coefficient (Wildman–Crippen LogP) is 3.15. The quantitative estimate of drug-likeness (QED) is 0.880. The lowest BCUT2D eigenvalue weighted by molar-refractivity contribution is 0.250. The van der Waals surface area contributed by atoms with Crippen LogP contribution in [0.15, 0.2) is 48.5 Å².